The summed E-state index contributed by atoms with van der Waals surface area (Å²) in [6.07, 6.45) is 7.52. The lowest BCUT2D eigenvalue weighted by Crippen LogP contribution is -2.46. The van der Waals surface area contributed by atoms with Crippen molar-refractivity contribution in [1.82, 2.24) is 9.80 Å². The lowest BCUT2D eigenvalue weighted by Gasteiger charge is -2.37. The highest BCUT2D eigenvalue weighted by Crippen LogP contribution is 2.28. The van der Waals surface area contributed by atoms with Gasteiger partial charge in [0.2, 0.25) is 0 Å². The number of nitrogens with zero attached hydrogens (tertiary/aromatic N) is 3. The van der Waals surface area contributed by atoms with E-state index in [1.807, 2.05) is 0 Å². The van der Waals surface area contributed by atoms with Crippen LogP contribution in [-0.2, 0) is 12.8 Å². The maximum atomic E-state index is 5.47. The van der Waals surface area contributed by atoms with Gasteiger partial charge in [-0.2, -0.15) is 0 Å². The highest BCUT2D eigenvalue weighted by Gasteiger charge is 2.24. The summed E-state index contributed by atoms with van der Waals surface area (Å²) in [4.78, 5) is 7.96. The van der Waals surface area contributed by atoms with Crippen LogP contribution in [0.25, 0.3) is 0 Å². The standard InChI is InChI=1S/C28H41N3O/c1-3-15-30(27-13-11-24-12-14-28(32-2)23-25(24)22-27)17-8-7-16-29-18-20-31(21-19-29)26-9-5-4-6-10-26/h4-6,9-10,12,14,23,27H,3,7-8,11,13,15-22H2,1-2H3/t27-/m1/s1. The van der Waals surface area contributed by atoms with Crippen molar-refractivity contribution in [3.8, 4) is 5.75 Å². The molecular formula is C28H41N3O. The zero-order valence-corrected chi connectivity index (χ0v) is 20.1. The molecule has 0 unspecified atom stereocenters. The quantitative estimate of drug-likeness (QED) is 0.496. The van der Waals surface area contributed by atoms with Crippen molar-refractivity contribution in [3.63, 3.8) is 0 Å². The van der Waals surface area contributed by atoms with Crippen molar-refractivity contribution in [3.05, 3.63) is 59.7 Å². The van der Waals surface area contributed by atoms with Gasteiger partial charge in [-0.1, -0.05) is 31.2 Å². The van der Waals surface area contributed by atoms with Crippen molar-refractivity contribution in [1.29, 1.82) is 0 Å². The van der Waals surface area contributed by atoms with E-state index in [-0.39, 0.29) is 0 Å². The van der Waals surface area contributed by atoms with Gasteiger partial charge >= 0.3 is 0 Å². The Morgan fingerprint density at radius 1 is 0.938 bits per heavy atom. The molecule has 0 spiro atoms. The molecule has 2 aliphatic rings. The molecule has 1 saturated heterocycles. The first-order valence-corrected chi connectivity index (χ1v) is 12.7. The maximum absolute atomic E-state index is 5.47. The second kappa shape index (κ2) is 11.7. The fraction of sp³-hybridized carbons (Fsp3) is 0.571. The topological polar surface area (TPSA) is 19.0 Å². The molecule has 2 aromatic rings. The van der Waals surface area contributed by atoms with Crippen molar-refractivity contribution in [2.24, 2.45) is 0 Å². The van der Waals surface area contributed by atoms with Crippen molar-refractivity contribution < 1.29 is 4.74 Å². The fourth-order valence-electron chi connectivity index (χ4n) is 5.44. The molecule has 1 aliphatic heterocycles. The van der Waals surface area contributed by atoms with Gasteiger partial charge in [0.1, 0.15) is 5.75 Å². The van der Waals surface area contributed by atoms with Crippen LogP contribution < -0.4 is 9.64 Å². The molecular weight excluding hydrogens is 394 g/mol. The van der Waals surface area contributed by atoms with Crippen LogP contribution >= 0.6 is 0 Å². The average molecular weight is 436 g/mol. The van der Waals surface area contributed by atoms with Crippen molar-refractivity contribution >= 4 is 5.69 Å². The molecule has 0 N–H and O–H groups in total. The van der Waals surface area contributed by atoms with Gasteiger partial charge in [0, 0.05) is 37.9 Å². The summed E-state index contributed by atoms with van der Waals surface area (Å²) in [7, 11) is 1.77. The van der Waals surface area contributed by atoms with Crippen LogP contribution in [-0.4, -0.2) is 68.8 Å². The third-order valence-corrected chi connectivity index (χ3v) is 7.31. The van der Waals surface area contributed by atoms with Gasteiger partial charge in [-0.3, -0.25) is 4.90 Å². The Balaban J connectivity index is 1.20. The van der Waals surface area contributed by atoms with Crippen LogP contribution in [0.3, 0.4) is 0 Å². The van der Waals surface area contributed by atoms with Gasteiger partial charge in [-0.05, 0) is 93.6 Å². The summed E-state index contributed by atoms with van der Waals surface area (Å²) in [5.41, 5.74) is 4.39. The molecule has 32 heavy (non-hydrogen) atoms. The molecule has 4 nitrogen and oxygen atoms in total. The highest BCUT2D eigenvalue weighted by molar-refractivity contribution is 5.46. The highest BCUT2D eigenvalue weighted by atomic mass is 16.5. The molecule has 174 valence electrons. The molecule has 4 heteroatoms. The predicted molar refractivity (Wildman–Crippen MR) is 135 cm³/mol. The first-order valence-electron chi connectivity index (χ1n) is 12.7. The summed E-state index contributed by atoms with van der Waals surface area (Å²) in [5.74, 6) is 0.999. The third-order valence-electron chi connectivity index (χ3n) is 7.31. The van der Waals surface area contributed by atoms with Crippen LogP contribution in [0.2, 0.25) is 0 Å². The summed E-state index contributed by atoms with van der Waals surface area (Å²) in [5, 5.41) is 0. The zero-order valence-electron chi connectivity index (χ0n) is 20.1. The van der Waals surface area contributed by atoms with Gasteiger partial charge in [0.05, 0.1) is 7.11 Å². The molecule has 1 fully saturated rings. The number of piperazine rings is 1. The number of benzene rings is 2. The fourth-order valence-corrected chi connectivity index (χ4v) is 5.44. The summed E-state index contributed by atoms with van der Waals surface area (Å²) in [6, 6.07) is 18.2. The first kappa shape index (κ1) is 23.1. The van der Waals surface area contributed by atoms with E-state index < -0.39 is 0 Å². The molecule has 0 amide bonds. The van der Waals surface area contributed by atoms with E-state index >= 15 is 0 Å². The van der Waals surface area contributed by atoms with E-state index in [2.05, 4.69) is 70.2 Å². The lowest BCUT2D eigenvalue weighted by molar-refractivity contribution is 0.171. The smallest absolute Gasteiger partial charge is 0.119 e. The van der Waals surface area contributed by atoms with Crippen LogP contribution in [0.5, 0.6) is 5.75 Å². The average Bonchev–Trinajstić information content (AvgIpc) is 2.86. The minimum atomic E-state index is 0.684. The summed E-state index contributed by atoms with van der Waals surface area (Å²) in [6.45, 7) is 10.7. The Morgan fingerprint density at radius 3 is 2.50 bits per heavy atom. The number of hydrogen-bond acceptors (Lipinski definition) is 4. The predicted octanol–water partition coefficient (Wildman–Crippen LogP) is 4.87. The van der Waals surface area contributed by atoms with Gasteiger partial charge in [0.25, 0.3) is 0 Å². The number of methoxy groups -OCH3 is 1. The molecule has 0 radical (unpaired) electrons. The molecule has 0 saturated carbocycles. The van der Waals surface area contributed by atoms with Crippen LogP contribution in [0.1, 0.15) is 43.7 Å². The van der Waals surface area contributed by atoms with Gasteiger partial charge in [0.15, 0.2) is 0 Å². The zero-order chi connectivity index (χ0) is 22.2. The van der Waals surface area contributed by atoms with E-state index in [1.165, 1.54) is 88.1 Å². The summed E-state index contributed by atoms with van der Waals surface area (Å²) >= 11 is 0. The number of unbranched alkanes of at least 4 members (excludes halogenated alkanes) is 1. The van der Waals surface area contributed by atoms with Crippen molar-refractivity contribution in [2.75, 3.05) is 57.8 Å². The minimum absolute atomic E-state index is 0.684. The maximum Gasteiger partial charge on any atom is 0.119 e. The molecule has 2 aromatic carbocycles. The van der Waals surface area contributed by atoms with Gasteiger partial charge in [-0.15, -0.1) is 0 Å². The van der Waals surface area contributed by atoms with Crippen LogP contribution in [0, 0.1) is 0 Å². The monoisotopic (exact) mass is 435 g/mol. The van der Waals surface area contributed by atoms with E-state index in [4.69, 9.17) is 4.74 Å². The number of aryl methyl sites for hydroxylation is 1. The first-order chi connectivity index (χ1) is 15.8. The second-order valence-electron chi connectivity index (χ2n) is 9.44. The minimum Gasteiger partial charge on any atom is -0.497 e. The summed E-state index contributed by atoms with van der Waals surface area (Å²) < 4.78 is 5.47. The molecule has 1 heterocycles. The molecule has 1 aliphatic carbocycles. The van der Waals surface area contributed by atoms with E-state index in [9.17, 15) is 0 Å². The van der Waals surface area contributed by atoms with Crippen molar-refractivity contribution in [2.45, 2.75) is 51.5 Å². The van der Waals surface area contributed by atoms with Crippen LogP contribution in [0.4, 0.5) is 5.69 Å². The normalized spacial score (nSPS) is 19.2. The van der Waals surface area contributed by atoms with Gasteiger partial charge < -0.3 is 14.5 Å². The second-order valence-corrected chi connectivity index (χ2v) is 9.44. The number of fused-ring (bicyclic) bond motifs is 1. The number of hydrogen-bond donors (Lipinski definition) is 0. The lowest BCUT2D eigenvalue weighted by atomic mass is 9.87. The number of rotatable bonds is 10. The molecule has 4 rings (SSSR count). The Morgan fingerprint density at radius 2 is 1.75 bits per heavy atom. The number of para-hydroxylation sites is 1. The molecule has 1 atom stereocenters. The third kappa shape index (κ3) is 6.05. The Kier molecular flexibility index (Phi) is 8.47. The molecule has 0 aromatic heterocycles. The van der Waals surface area contributed by atoms with Crippen LogP contribution in [0.15, 0.2) is 48.5 Å². The Labute approximate surface area is 195 Å². The van der Waals surface area contributed by atoms with Gasteiger partial charge in [-0.25, -0.2) is 0 Å². The SMILES string of the molecule is CCCN(CCCCN1CCN(c2ccccc2)CC1)[C@@H]1CCc2ccc(OC)cc2C1. The number of ether oxygens (including phenoxy) is 1. The largest absolute Gasteiger partial charge is 0.497 e. The number of anilines is 1. The van der Waals surface area contributed by atoms with E-state index in [0.29, 0.717) is 6.04 Å². The van der Waals surface area contributed by atoms with E-state index in [0.717, 1.165) is 18.8 Å². The van der Waals surface area contributed by atoms with E-state index in [1.54, 1.807) is 7.11 Å². The Hall–Kier alpha value is -2.04. The molecule has 0 bridgehead atoms. The Bertz CT molecular complexity index is 817.